The van der Waals surface area contributed by atoms with Crippen molar-refractivity contribution < 1.29 is 18.4 Å². The van der Waals surface area contributed by atoms with E-state index in [9.17, 15) is 9.59 Å². The molecule has 2 heterocycles. The van der Waals surface area contributed by atoms with E-state index in [0.717, 1.165) is 0 Å². The normalized spacial score (nSPS) is 10.0. The van der Waals surface area contributed by atoms with Crippen LogP contribution >= 0.6 is 0 Å². The van der Waals surface area contributed by atoms with Crippen LogP contribution in [0.3, 0.4) is 0 Å². The first-order valence-corrected chi connectivity index (χ1v) is 3.94. The molecular formula is C10H6O4. The summed E-state index contributed by atoms with van der Waals surface area (Å²) < 4.78 is 10.2. The highest BCUT2D eigenvalue weighted by Gasteiger charge is 2.08. The molecule has 70 valence electrons. The van der Waals surface area contributed by atoms with Gasteiger partial charge in [-0.05, 0) is 24.3 Å². The average molecular weight is 190 g/mol. The van der Waals surface area contributed by atoms with E-state index < -0.39 is 0 Å². The zero-order chi connectivity index (χ0) is 9.97. The predicted octanol–water partition coefficient (Wildman–Crippen LogP) is 2.16. The number of hydrogen-bond donors (Lipinski definition) is 0. The van der Waals surface area contributed by atoms with Crippen molar-refractivity contribution in [3.63, 3.8) is 0 Å². The molecule has 0 N–H and O–H groups in total. The molecule has 0 spiro atoms. The fraction of sp³-hybridized carbons (Fsp3) is 0. The Bertz CT molecular complexity index is 420. The lowest BCUT2D eigenvalue weighted by molar-refractivity contribution is 0.109. The minimum Gasteiger partial charge on any atom is -0.450 e. The molecule has 0 bridgehead atoms. The highest BCUT2D eigenvalue weighted by molar-refractivity contribution is 5.74. The molecule has 0 aliphatic rings. The summed E-state index contributed by atoms with van der Waals surface area (Å²) in [7, 11) is 0. The highest BCUT2D eigenvalue weighted by atomic mass is 16.4. The van der Waals surface area contributed by atoms with Crippen LogP contribution in [0.5, 0.6) is 0 Å². The van der Waals surface area contributed by atoms with Gasteiger partial charge < -0.3 is 8.83 Å². The second-order valence-corrected chi connectivity index (χ2v) is 2.64. The largest absolute Gasteiger partial charge is 0.450 e. The topological polar surface area (TPSA) is 60.4 Å². The Morgan fingerprint density at radius 2 is 1.21 bits per heavy atom. The second kappa shape index (κ2) is 3.33. The maximum atomic E-state index is 10.3. The van der Waals surface area contributed by atoms with E-state index in [2.05, 4.69) is 0 Å². The second-order valence-electron chi connectivity index (χ2n) is 2.64. The summed E-state index contributed by atoms with van der Waals surface area (Å²) >= 11 is 0. The maximum absolute atomic E-state index is 10.3. The molecule has 2 rings (SSSR count). The van der Waals surface area contributed by atoms with E-state index in [1.807, 2.05) is 0 Å². The smallest absolute Gasteiger partial charge is 0.185 e. The first-order chi connectivity index (χ1) is 6.83. The molecule has 0 saturated carbocycles. The Morgan fingerprint density at radius 3 is 1.50 bits per heavy atom. The number of aldehydes is 2. The summed E-state index contributed by atoms with van der Waals surface area (Å²) in [5, 5.41) is 0. The van der Waals surface area contributed by atoms with Crippen molar-refractivity contribution in [3.05, 3.63) is 35.8 Å². The molecule has 0 saturated heterocycles. The third kappa shape index (κ3) is 1.37. The van der Waals surface area contributed by atoms with Crippen LogP contribution in [0.25, 0.3) is 11.5 Å². The fourth-order valence-electron chi connectivity index (χ4n) is 1.10. The first-order valence-electron chi connectivity index (χ1n) is 3.94. The van der Waals surface area contributed by atoms with Gasteiger partial charge in [-0.1, -0.05) is 0 Å². The van der Waals surface area contributed by atoms with Gasteiger partial charge in [0.2, 0.25) is 0 Å². The van der Waals surface area contributed by atoms with Crippen LogP contribution < -0.4 is 0 Å². The standard InChI is InChI=1S/C10H6O4/c11-5-7-1-3-9(13-7)10-4-2-8(6-12)14-10/h1-6H. The van der Waals surface area contributed by atoms with E-state index in [0.29, 0.717) is 24.1 Å². The fourth-order valence-corrected chi connectivity index (χ4v) is 1.10. The van der Waals surface area contributed by atoms with E-state index >= 15 is 0 Å². The summed E-state index contributed by atoms with van der Waals surface area (Å²) in [6.45, 7) is 0. The Balaban J connectivity index is 2.38. The lowest BCUT2D eigenvalue weighted by atomic mass is 10.3. The van der Waals surface area contributed by atoms with Gasteiger partial charge in [-0.2, -0.15) is 0 Å². The molecule has 0 amide bonds. The quantitative estimate of drug-likeness (QED) is 0.696. The highest BCUT2D eigenvalue weighted by Crippen LogP contribution is 2.23. The summed E-state index contributed by atoms with van der Waals surface area (Å²) in [5.41, 5.74) is 0. The maximum Gasteiger partial charge on any atom is 0.185 e. The summed E-state index contributed by atoms with van der Waals surface area (Å²) in [6, 6.07) is 6.28. The molecule has 4 nitrogen and oxygen atoms in total. The summed E-state index contributed by atoms with van der Waals surface area (Å²) in [5.74, 6) is 1.31. The Labute approximate surface area is 79.1 Å². The van der Waals surface area contributed by atoms with Crippen molar-refractivity contribution in [2.75, 3.05) is 0 Å². The first kappa shape index (κ1) is 8.50. The van der Waals surface area contributed by atoms with Gasteiger partial charge in [0, 0.05) is 0 Å². The van der Waals surface area contributed by atoms with Crippen LogP contribution in [0.2, 0.25) is 0 Å². The van der Waals surface area contributed by atoms with Crippen molar-refractivity contribution in [2.24, 2.45) is 0 Å². The molecule has 0 unspecified atom stereocenters. The number of furan rings is 2. The third-order valence-corrected chi connectivity index (χ3v) is 1.73. The predicted molar refractivity (Wildman–Crippen MR) is 47.2 cm³/mol. The molecule has 0 aromatic carbocycles. The Kier molecular flexibility index (Phi) is 2.02. The molecule has 0 radical (unpaired) electrons. The van der Waals surface area contributed by atoms with Crippen molar-refractivity contribution in [1.82, 2.24) is 0 Å². The van der Waals surface area contributed by atoms with Gasteiger partial charge in [-0.25, -0.2) is 0 Å². The molecule has 14 heavy (non-hydrogen) atoms. The molecule has 2 aromatic rings. The van der Waals surface area contributed by atoms with Crippen LogP contribution in [-0.2, 0) is 0 Å². The van der Waals surface area contributed by atoms with Gasteiger partial charge >= 0.3 is 0 Å². The zero-order valence-electron chi connectivity index (χ0n) is 7.10. The molecule has 0 aliphatic heterocycles. The van der Waals surface area contributed by atoms with Crippen LogP contribution in [0.1, 0.15) is 21.1 Å². The molecule has 2 aromatic heterocycles. The monoisotopic (exact) mass is 190 g/mol. The van der Waals surface area contributed by atoms with Crippen molar-refractivity contribution in [2.45, 2.75) is 0 Å². The summed E-state index contributed by atoms with van der Waals surface area (Å²) in [4.78, 5) is 20.7. The van der Waals surface area contributed by atoms with Gasteiger partial charge in [-0.3, -0.25) is 9.59 Å². The number of carbonyl (C=O) groups excluding carboxylic acids is 2. The van der Waals surface area contributed by atoms with Crippen molar-refractivity contribution >= 4 is 12.6 Å². The van der Waals surface area contributed by atoms with E-state index in [-0.39, 0.29) is 11.5 Å². The SMILES string of the molecule is O=Cc1ccc(-c2ccc(C=O)o2)o1. The van der Waals surface area contributed by atoms with Crippen LogP contribution in [0, 0.1) is 0 Å². The average Bonchev–Trinajstić information content (AvgIpc) is 2.86. The summed E-state index contributed by atoms with van der Waals surface area (Å²) in [6.07, 6.45) is 1.21. The molecule has 4 heteroatoms. The Morgan fingerprint density at radius 1 is 0.786 bits per heavy atom. The van der Waals surface area contributed by atoms with Crippen molar-refractivity contribution in [3.8, 4) is 11.5 Å². The molecule has 0 fully saturated rings. The van der Waals surface area contributed by atoms with E-state index in [4.69, 9.17) is 8.83 Å². The Hall–Kier alpha value is -2.10. The van der Waals surface area contributed by atoms with Gasteiger partial charge in [0.1, 0.15) is 0 Å². The van der Waals surface area contributed by atoms with Crippen LogP contribution in [0.15, 0.2) is 33.1 Å². The van der Waals surface area contributed by atoms with Crippen LogP contribution in [-0.4, -0.2) is 12.6 Å². The molecule has 0 atom stereocenters. The minimum atomic E-state index is 0.226. The van der Waals surface area contributed by atoms with Gasteiger partial charge in [0.25, 0.3) is 0 Å². The lowest BCUT2D eigenvalue weighted by Crippen LogP contribution is -1.70. The van der Waals surface area contributed by atoms with Gasteiger partial charge in [0.05, 0.1) is 0 Å². The zero-order valence-corrected chi connectivity index (χ0v) is 7.10. The lowest BCUT2D eigenvalue weighted by Gasteiger charge is -1.87. The number of rotatable bonds is 3. The van der Waals surface area contributed by atoms with E-state index in [1.54, 1.807) is 12.1 Å². The molecular weight excluding hydrogens is 184 g/mol. The molecule has 0 aliphatic carbocycles. The van der Waals surface area contributed by atoms with E-state index in [1.165, 1.54) is 12.1 Å². The number of carbonyl (C=O) groups is 2. The van der Waals surface area contributed by atoms with Crippen LogP contribution in [0.4, 0.5) is 0 Å². The number of hydrogen-bond acceptors (Lipinski definition) is 4. The van der Waals surface area contributed by atoms with Gasteiger partial charge in [0.15, 0.2) is 35.6 Å². The van der Waals surface area contributed by atoms with Crippen molar-refractivity contribution in [1.29, 1.82) is 0 Å². The third-order valence-electron chi connectivity index (χ3n) is 1.73. The van der Waals surface area contributed by atoms with Gasteiger partial charge in [-0.15, -0.1) is 0 Å². The minimum absolute atomic E-state index is 0.226.